The van der Waals surface area contributed by atoms with E-state index in [1.807, 2.05) is 0 Å². The minimum absolute atomic E-state index is 0.0384. The largest absolute Gasteiger partial charge is 0.500 e. The summed E-state index contributed by atoms with van der Waals surface area (Å²) in [5.74, 6) is -0.00879. The van der Waals surface area contributed by atoms with E-state index >= 15 is 0 Å². The number of rotatable bonds is 8. The number of carbonyl (C=O) groups excluding carboxylic acids is 1. The maximum absolute atomic E-state index is 12.0. The number of hydrazone groups is 1. The Morgan fingerprint density at radius 2 is 1.82 bits per heavy atom. The lowest BCUT2D eigenvalue weighted by atomic mass is 10.1. The van der Waals surface area contributed by atoms with Gasteiger partial charge < -0.3 is 19.3 Å². The van der Waals surface area contributed by atoms with E-state index < -0.39 is 22.3 Å². The first-order valence-electron chi connectivity index (χ1n) is 7.97. The molecule has 0 bridgehead atoms. The van der Waals surface area contributed by atoms with Gasteiger partial charge in [-0.2, -0.15) is 5.10 Å². The number of methoxy groups -OCH3 is 3. The standard InChI is InChI=1S/C18H19N3O7/c1-26-14-5-4-11(7-15(14)27-2)9-17(22)20-19-10-12-6-13(21(24)25)18(23)16(8-12)28-3/h4-8,10,23H,9H2,1-3H3,(H,20,22). The van der Waals surface area contributed by atoms with Gasteiger partial charge in [-0.15, -0.1) is 0 Å². The molecule has 0 aromatic heterocycles. The fourth-order valence-corrected chi connectivity index (χ4v) is 2.38. The van der Waals surface area contributed by atoms with E-state index in [-0.39, 0.29) is 17.7 Å². The number of phenols is 1. The minimum Gasteiger partial charge on any atom is -0.500 e. The average Bonchev–Trinajstić information content (AvgIpc) is 2.68. The van der Waals surface area contributed by atoms with E-state index in [0.717, 1.165) is 6.07 Å². The number of ether oxygens (including phenoxy) is 3. The van der Waals surface area contributed by atoms with Crippen molar-refractivity contribution in [2.24, 2.45) is 5.10 Å². The maximum atomic E-state index is 12.0. The maximum Gasteiger partial charge on any atom is 0.315 e. The zero-order valence-corrected chi connectivity index (χ0v) is 15.5. The van der Waals surface area contributed by atoms with Gasteiger partial charge in [-0.1, -0.05) is 6.07 Å². The molecule has 148 valence electrons. The van der Waals surface area contributed by atoms with Crippen LogP contribution in [-0.4, -0.2) is 43.5 Å². The molecule has 0 spiro atoms. The van der Waals surface area contributed by atoms with Gasteiger partial charge in [0, 0.05) is 11.6 Å². The third-order valence-corrected chi connectivity index (χ3v) is 3.71. The summed E-state index contributed by atoms with van der Waals surface area (Å²) in [5, 5.41) is 24.5. The van der Waals surface area contributed by atoms with Gasteiger partial charge in [-0.3, -0.25) is 14.9 Å². The Balaban J connectivity index is 2.07. The summed E-state index contributed by atoms with van der Waals surface area (Å²) in [6.07, 6.45) is 1.25. The van der Waals surface area contributed by atoms with Gasteiger partial charge in [0.2, 0.25) is 11.7 Å². The van der Waals surface area contributed by atoms with Gasteiger partial charge in [0.25, 0.3) is 0 Å². The highest BCUT2D eigenvalue weighted by molar-refractivity contribution is 5.85. The summed E-state index contributed by atoms with van der Waals surface area (Å²) in [6.45, 7) is 0. The molecule has 2 rings (SSSR count). The summed E-state index contributed by atoms with van der Waals surface area (Å²) in [6, 6.07) is 7.55. The molecule has 0 aliphatic rings. The number of nitro benzene ring substituents is 1. The van der Waals surface area contributed by atoms with Crippen LogP contribution in [0.5, 0.6) is 23.0 Å². The number of phenolic OH excluding ortho intramolecular Hbond substituents is 1. The Morgan fingerprint density at radius 1 is 1.14 bits per heavy atom. The highest BCUT2D eigenvalue weighted by atomic mass is 16.6. The van der Waals surface area contributed by atoms with Gasteiger partial charge in [0.15, 0.2) is 17.2 Å². The van der Waals surface area contributed by atoms with Gasteiger partial charge >= 0.3 is 5.69 Å². The van der Waals surface area contributed by atoms with Crippen LogP contribution in [0.1, 0.15) is 11.1 Å². The van der Waals surface area contributed by atoms with Crippen molar-refractivity contribution in [3.63, 3.8) is 0 Å². The van der Waals surface area contributed by atoms with Gasteiger partial charge in [0.1, 0.15) is 0 Å². The molecule has 0 fully saturated rings. The zero-order chi connectivity index (χ0) is 20.7. The molecule has 0 radical (unpaired) electrons. The summed E-state index contributed by atoms with van der Waals surface area (Å²) in [4.78, 5) is 22.3. The second-order valence-electron chi connectivity index (χ2n) is 5.51. The molecule has 0 aliphatic carbocycles. The molecule has 10 nitrogen and oxygen atoms in total. The lowest BCUT2D eigenvalue weighted by Crippen LogP contribution is -2.19. The third-order valence-electron chi connectivity index (χ3n) is 3.71. The normalized spacial score (nSPS) is 10.5. The topological polar surface area (TPSA) is 133 Å². The number of nitrogens with zero attached hydrogens (tertiary/aromatic N) is 2. The van der Waals surface area contributed by atoms with Crippen LogP contribution in [0, 0.1) is 10.1 Å². The number of hydrogen-bond donors (Lipinski definition) is 2. The SMILES string of the molecule is COc1ccc(CC(=O)NN=Cc2cc(OC)c(O)c([N+](=O)[O-])c2)cc1OC. The Bertz CT molecular complexity index is 912. The van der Waals surface area contributed by atoms with Crippen LogP contribution in [0.2, 0.25) is 0 Å². The van der Waals surface area contributed by atoms with Crippen molar-refractivity contribution >= 4 is 17.8 Å². The molecule has 10 heteroatoms. The minimum atomic E-state index is -0.745. The molecular weight excluding hydrogens is 370 g/mol. The van der Waals surface area contributed by atoms with Crippen LogP contribution in [0.15, 0.2) is 35.4 Å². The smallest absolute Gasteiger partial charge is 0.315 e. The van der Waals surface area contributed by atoms with Crippen molar-refractivity contribution < 1.29 is 29.0 Å². The molecule has 2 aromatic carbocycles. The van der Waals surface area contributed by atoms with Crippen molar-refractivity contribution in [3.05, 3.63) is 51.6 Å². The van der Waals surface area contributed by atoms with Crippen molar-refractivity contribution in [2.45, 2.75) is 6.42 Å². The summed E-state index contributed by atoms with van der Waals surface area (Å²) < 4.78 is 15.2. The van der Waals surface area contributed by atoms with E-state index in [2.05, 4.69) is 10.5 Å². The molecule has 1 amide bonds. The van der Waals surface area contributed by atoms with Crippen molar-refractivity contribution in [1.29, 1.82) is 0 Å². The van der Waals surface area contributed by atoms with Crippen LogP contribution >= 0.6 is 0 Å². The lowest BCUT2D eigenvalue weighted by molar-refractivity contribution is -0.386. The fourth-order valence-electron chi connectivity index (χ4n) is 2.38. The predicted molar refractivity (Wildman–Crippen MR) is 100 cm³/mol. The van der Waals surface area contributed by atoms with E-state index in [1.54, 1.807) is 18.2 Å². The third kappa shape index (κ3) is 4.87. The Hall–Kier alpha value is -3.82. The van der Waals surface area contributed by atoms with E-state index in [9.17, 15) is 20.0 Å². The average molecular weight is 389 g/mol. The quantitative estimate of drug-likeness (QED) is 0.401. The van der Waals surface area contributed by atoms with E-state index in [0.29, 0.717) is 17.1 Å². The van der Waals surface area contributed by atoms with Crippen molar-refractivity contribution in [1.82, 2.24) is 5.43 Å². The fraction of sp³-hybridized carbons (Fsp3) is 0.222. The highest BCUT2D eigenvalue weighted by Crippen LogP contribution is 2.36. The summed E-state index contributed by atoms with van der Waals surface area (Å²) in [7, 11) is 4.28. The molecule has 0 atom stereocenters. The van der Waals surface area contributed by atoms with Gasteiger partial charge in [-0.25, -0.2) is 5.43 Å². The van der Waals surface area contributed by atoms with E-state index in [4.69, 9.17) is 14.2 Å². The second-order valence-corrected chi connectivity index (χ2v) is 5.51. The van der Waals surface area contributed by atoms with Gasteiger partial charge in [-0.05, 0) is 23.8 Å². The molecule has 0 heterocycles. The van der Waals surface area contributed by atoms with Crippen LogP contribution < -0.4 is 19.6 Å². The van der Waals surface area contributed by atoms with Crippen LogP contribution in [0.4, 0.5) is 5.69 Å². The molecule has 0 aliphatic heterocycles. The molecule has 2 aromatic rings. The molecule has 0 saturated carbocycles. The lowest BCUT2D eigenvalue weighted by Gasteiger charge is -2.09. The van der Waals surface area contributed by atoms with Gasteiger partial charge in [0.05, 0.1) is 38.9 Å². The predicted octanol–water partition coefficient (Wildman–Crippen LogP) is 2.02. The first-order valence-corrected chi connectivity index (χ1v) is 7.97. The second kappa shape index (κ2) is 9.21. The van der Waals surface area contributed by atoms with Crippen LogP contribution in [0.3, 0.4) is 0 Å². The molecule has 0 unspecified atom stereocenters. The number of nitro groups is 1. The Morgan fingerprint density at radius 3 is 2.43 bits per heavy atom. The zero-order valence-electron chi connectivity index (χ0n) is 15.5. The number of carbonyl (C=O) groups is 1. The molecule has 0 saturated heterocycles. The Kier molecular flexibility index (Phi) is 6.74. The summed E-state index contributed by atoms with van der Waals surface area (Å²) >= 11 is 0. The Labute approximate surface area is 160 Å². The summed E-state index contributed by atoms with van der Waals surface area (Å²) in [5.41, 5.74) is 2.76. The first-order chi connectivity index (χ1) is 13.4. The van der Waals surface area contributed by atoms with Crippen molar-refractivity contribution in [3.8, 4) is 23.0 Å². The molecular formula is C18H19N3O7. The van der Waals surface area contributed by atoms with Crippen LogP contribution in [-0.2, 0) is 11.2 Å². The van der Waals surface area contributed by atoms with Crippen LogP contribution in [0.25, 0.3) is 0 Å². The van der Waals surface area contributed by atoms with E-state index in [1.165, 1.54) is 33.6 Å². The molecule has 2 N–H and O–H groups in total. The molecule has 28 heavy (non-hydrogen) atoms. The number of benzene rings is 2. The number of aromatic hydroxyl groups is 1. The number of hydrogen-bond acceptors (Lipinski definition) is 8. The van der Waals surface area contributed by atoms with Crippen molar-refractivity contribution in [2.75, 3.05) is 21.3 Å². The highest BCUT2D eigenvalue weighted by Gasteiger charge is 2.19. The number of nitrogens with one attached hydrogen (secondary N) is 1. The monoisotopic (exact) mass is 389 g/mol. The first kappa shape index (κ1) is 20.5. The number of amides is 1.